The highest BCUT2D eigenvalue weighted by Crippen LogP contribution is 2.17. The van der Waals surface area contributed by atoms with E-state index >= 15 is 0 Å². The Balaban J connectivity index is 3.43. The lowest BCUT2D eigenvalue weighted by Crippen LogP contribution is -2.34. The smallest absolute Gasteiger partial charge is 0.445 e. The van der Waals surface area contributed by atoms with Crippen LogP contribution in [-0.4, -0.2) is 15.4 Å². The van der Waals surface area contributed by atoms with E-state index in [1.54, 1.807) is 0 Å². The topological polar surface area (TPSA) is 60.2 Å². The summed E-state index contributed by atoms with van der Waals surface area (Å²) >= 11 is 5.35. The Hall–Kier alpha value is -0.725. The molecule has 0 fully saturated rings. The van der Waals surface area contributed by atoms with Gasteiger partial charge in [0.1, 0.15) is 0 Å². The van der Waals surface area contributed by atoms with Crippen molar-refractivity contribution in [2.24, 2.45) is 5.14 Å². The zero-order valence-electron chi connectivity index (χ0n) is 7.12. The molecule has 0 radical (unpaired) electrons. The molecular formula is C6H5BClF3NO2S-. The minimum Gasteiger partial charge on any atom is -0.445 e. The first-order valence-electron chi connectivity index (χ1n) is 3.64. The van der Waals surface area contributed by atoms with Gasteiger partial charge in [0.25, 0.3) is 0 Å². The van der Waals surface area contributed by atoms with Gasteiger partial charge in [-0.05, 0) is 6.07 Å². The number of nitrogens with two attached hydrogens (primary N) is 1. The van der Waals surface area contributed by atoms with Gasteiger partial charge in [-0.1, -0.05) is 23.7 Å². The van der Waals surface area contributed by atoms with Gasteiger partial charge < -0.3 is 12.9 Å². The summed E-state index contributed by atoms with van der Waals surface area (Å²) < 4.78 is 58.6. The van der Waals surface area contributed by atoms with E-state index in [1.807, 2.05) is 0 Å². The number of hydrogen-bond acceptors (Lipinski definition) is 2. The molecule has 0 atom stereocenters. The number of sulfonamides is 1. The van der Waals surface area contributed by atoms with Gasteiger partial charge >= 0.3 is 6.98 Å². The molecule has 2 N–H and O–H groups in total. The van der Waals surface area contributed by atoms with Crippen molar-refractivity contribution in [2.45, 2.75) is 4.90 Å². The van der Waals surface area contributed by atoms with Crippen LogP contribution in [0.5, 0.6) is 0 Å². The Morgan fingerprint density at radius 2 is 1.73 bits per heavy atom. The summed E-state index contributed by atoms with van der Waals surface area (Å²) in [6.45, 7) is -5.30. The van der Waals surface area contributed by atoms with E-state index in [0.29, 0.717) is 12.1 Å². The highest BCUT2D eigenvalue weighted by atomic mass is 35.5. The molecule has 0 saturated carbocycles. The van der Waals surface area contributed by atoms with Gasteiger partial charge in [-0.15, -0.1) is 5.46 Å². The molecule has 84 valence electrons. The quantitative estimate of drug-likeness (QED) is 0.806. The Bertz CT molecular complexity index is 488. The molecule has 0 saturated heterocycles. The van der Waals surface area contributed by atoms with Crippen LogP contribution in [0, 0.1) is 0 Å². The highest BCUT2D eigenvalue weighted by Gasteiger charge is 2.27. The maximum atomic E-state index is 12.3. The SMILES string of the molecule is NS(=O)(=O)c1cc(Cl)cc([B-](F)(F)F)c1. The molecular weight excluding hydrogens is 253 g/mol. The summed E-state index contributed by atoms with van der Waals surface area (Å²) in [7, 11) is -4.18. The first-order valence-corrected chi connectivity index (χ1v) is 5.56. The third-order valence-corrected chi connectivity index (χ3v) is 2.71. The lowest BCUT2D eigenvalue weighted by molar-refractivity contribution is 0.501. The molecule has 0 spiro atoms. The van der Waals surface area contributed by atoms with Gasteiger partial charge in [0.15, 0.2) is 0 Å². The fraction of sp³-hybridized carbons (Fsp3) is 0. The second-order valence-corrected chi connectivity index (χ2v) is 4.84. The van der Waals surface area contributed by atoms with E-state index in [2.05, 4.69) is 0 Å². The first-order chi connectivity index (χ1) is 6.60. The first kappa shape index (κ1) is 12.3. The van der Waals surface area contributed by atoms with Gasteiger partial charge in [-0.25, -0.2) is 13.6 Å². The molecule has 15 heavy (non-hydrogen) atoms. The molecule has 9 heteroatoms. The summed E-state index contributed by atoms with van der Waals surface area (Å²) in [5.74, 6) is 0. The maximum absolute atomic E-state index is 12.3. The van der Waals surface area contributed by atoms with Crippen LogP contribution in [0.2, 0.25) is 5.02 Å². The fourth-order valence-corrected chi connectivity index (χ4v) is 1.84. The summed E-state index contributed by atoms with van der Waals surface area (Å²) in [4.78, 5) is -0.649. The van der Waals surface area contributed by atoms with Gasteiger partial charge in [0.05, 0.1) is 4.90 Å². The predicted molar refractivity (Wildman–Crippen MR) is 51.5 cm³/mol. The van der Waals surface area contributed by atoms with E-state index < -0.39 is 27.4 Å². The zero-order valence-corrected chi connectivity index (χ0v) is 8.70. The zero-order chi connectivity index (χ0) is 11.9. The monoisotopic (exact) mass is 258 g/mol. The van der Waals surface area contributed by atoms with E-state index in [-0.39, 0.29) is 5.02 Å². The minimum absolute atomic E-state index is 0.323. The summed E-state index contributed by atoms with van der Waals surface area (Å²) in [5, 5.41) is 4.37. The van der Waals surface area contributed by atoms with Gasteiger partial charge in [0, 0.05) is 5.02 Å². The highest BCUT2D eigenvalue weighted by molar-refractivity contribution is 7.89. The van der Waals surface area contributed by atoms with Crippen LogP contribution in [-0.2, 0) is 10.0 Å². The Labute approximate surface area is 89.1 Å². The van der Waals surface area contributed by atoms with Crippen molar-refractivity contribution in [3.05, 3.63) is 23.2 Å². The van der Waals surface area contributed by atoms with E-state index in [4.69, 9.17) is 16.7 Å². The van der Waals surface area contributed by atoms with Crippen LogP contribution in [0.3, 0.4) is 0 Å². The molecule has 0 aliphatic carbocycles. The standard InChI is InChI=1S/C6H5BClF3NO2S/c8-5-1-4(7(9,10)11)2-6(3-5)15(12,13)14/h1-3H,(H2,12,13,14)/q-1. The Kier molecular flexibility index (Phi) is 3.04. The third kappa shape index (κ3) is 3.12. The number of rotatable bonds is 2. The molecule has 0 aromatic heterocycles. The molecule has 0 bridgehead atoms. The van der Waals surface area contributed by atoms with Crippen LogP contribution in [0.15, 0.2) is 23.1 Å². The summed E-state index contributed by atoms with van der Waals surface area (Å²) in [5.41, 5.74) is -1.09. The van der Waals surface area contributed by atoms with E-state index in [1.165, 1.54) is 0 Å². The Morgan fingerprint density at radius 1 is 1.20 bits per heavy atom. The number of halogens is 4. The van der Waals surface area contributed by atoms with Gasteiger partial charge in [0.2, 0.25) is 10.0 Å². The molecule has 0 unspecified atom stereocenters. The molecule has 1 rings (SSSR count). The third-order valence-electron chi connectivity index (χ3n) is 1.60. The molecule has 1 aromatic rings. The van der Waals surface area contributed by atoms with E-state index in [9.17, 15) is 21.4 Å². The fourth-order valence-electron chi connectivity index (χ4n) is 0.938. The number of primary sulfonamides is 1. The maximum Gasteiger partial charge on any atom is 0.509 e. The molecule has 0 aliphatic heterocycles. The van der Waals surface area contributed by atoms with Crippen molar-refractivity contribution >= 4 is 34.1 Å². The molecule has 3 nitrogen and oxygen atoms in total. The average Bonchev–Trinajstić information content (AvgIpc) is 1.99. The van der Waals surface area contributed by atoms with Crippen LogP contribution in [0.4, 0.5) is 12.9 Å². The molecule has 0 aliphatic rings. The van der Waals surface area contributed by atoms with Gasteiger partial charge in [-0.3, -0.25) is 0 Å². The van der Waals surface area contributed by atoms with Crippen LogP contribution >= 0.6 is 11.6 Å². The second kappa shape index (κ2) is 3.69. The van der Waals surface area contributed by atoms with Crippen molar-refractivity contribution in [3.8, 4) is 0 Å². The lowest BCUT2D eigenvalue weighted by Gasteiger charge is -2.15. The Morgan fingerprint density at radius 3 is 2.13 bits per heavy atom. The molecule has 0 amide bonds. The largest absolute Gasteiger partial charge is 0.509 e. The van der Waals surface area contributed by atoms with Crippen LogP contribution in [0.1, 0.15) is 0 Å². The van der Waals surface area contributed by atoms with Crippen LogP contribution in [0.25, 0.3) is 0 Å². The van der Waals surface area contributed by atoms with Crippen molar-refractivity contribution in [2.75, 3.05) is 0 Å². The number of benzene rings is 1. The second-order valence-electron chi connectivity index (χ2n) is 2.84. The summed E-state index contributed by atoms with van der Waals surface area (Å²) in [6, 6.07) is 1.97. The summed E-state index contributed by atoms with van der Waals surface area (Å²) in [6.07, 6.45) is 0. The lowest BCUT2D eigenvalue weighted by atomic mass is 9.80. The van der Waals surface area contributed by atoms with Crippen molar-refractivity contribution in [1.29, 1.82) is 0 Å². The van der Waals surface area contributed by atoms with Crippen molar-refractivity contribution < 1.29 is 21.4 Å². The normalized spacial score (nSPS) is 12.9. The van der Waals surface area contributed by atoms with Crippen molar-refractivity contribution in [1.82, 2.24) is 0 Å². The minimum atomic E-state index is -5.30. The van der Waals surface area contributed by atoms with Crippen molar-refractivity contribution in [3.63, 3.8) is 0 Å². The van der Waals surface area contributed by atoms with Gasteiger partial charge in [-0.2, -0.15) is 0 Å². The molecule has 1 aromatic carbocycles. The average molecular weight is 258 g/mol. The predicted octanol–water partition coefficient (Wildman–Crippen LogP) is 1.04. The van der Waals surface area contributed by atoms with E-state index in [0.717, 1.165) is 6.07 Å². The van der Waals surface area contributed by atoms with Crippen LogP contribution < -0.4 is 10.6 Å². The molecule has 0 heterocycles. The number of hydrogen-bond donors (Lipinski definition) is 1.